The molecule has 0 aromatic heterocycles. The van der Waals surface area contributed by atoms with Crippen molar-refractivity contribution in [1.29, 1.82) is 0 Å². The Morgan fingerprint density at radius 2 is 1.58 bits per heavy atom. The second-order valence-corrected chi connectivity index (χ2v) is 12.7. The number of ether oxygens (including phenoxy) is 1. The van der Waals surface area contributed by atoms with Crippen LogP contribution in [0.1, 0.15) is 26.3 Å². The van der Waals surface area contributed by atoms with Crippen molar-refractivity contribution >= 4 is 31.5 Å². The zero-order valence-corrected chi connectivity index (χ0v) is 17.1. The van der Waals surface area contributed by atoms with Crippen molar-refractivity contribution in [2.24, 2.45) is 0 Å². The van der Waals surface area contributed by atoms with Crippen LogP contribution in [-0.4, -0.2) is 8.32 Å². The second-order valence-electron chi connectivity index (χ2n) is 7.17. The molecule has 0 aliphatic heterocycles. The molecule has 0 bridgehead atoms. The van der Waals surface area contributed by atoms with Crippen LogP contribution >= 0.6 is 23.2 Å². The molecule has 0 atom stereocenters. The van der Waals surface area contributed by atoms with Crippen LogP contribution in [-0.2, 0) is 0 Å². The van der Waals surface area contributed by atoms with E-state index in [4.69, 9.17) is 32.4 Å². The second kappa shape index (κ2) is 7.38. The molecular weight excluding hydrogens is 359 g/mol. The summed E-state index contributed by atoms with van der Waals surface area (Å²) in [6.07, 6.45) is 0. The SMILES string of the molecule is CC(C)(C)[Si](C)(C)Oc1cc([C]Oc2ccc(Cl)cc2)ccc1Cl. The summed E-state index contributed by atoms with van der Waals surface area (Å²) >= 11 is 12.2. The minimum Gasteiger partial charge on any atom is -0.542 e. The van der Waals surface area contributed by atoms with Gasteiger partial charge in [-0.05, 0) is 54.5 Å². The van der Waals surface area contributed by atoms with Gasteiger partial charge >= 0.3 is 0 Å². The van der Waals surface area contributed by atoms with E-state index >= 15 is 0 Å². The summed E-state index contributed by atoms with van der Waals surface area (Å²) in [5, 5.41) is 1.36. The van der Waals surface area contributed by atoms with Crippen molar-refractivity contribution in [1.82, 2.24) is 0 Å². The average Bonchev–Trinajstić information content (AvgIpc) is 2.48. The van der Waals surface area contributed by atoms with Crippen molar-refractivity contribution in [3.8, 4) is 11.5 Å². The van der Waals surface area contributed by atoms with E-state index in [9.17, 15) is 0 Å². The molecule has 0 aliphatic rings. The van der Waals surface area contributed by atoms with Crippen molar-refractivity contribution in [3.05, 3.63) is 64.7 Å². The van der Waals surface area contributed by atoms with Gasteiger partial charge in [-0.15, -0.1) is 0 Å². The van der Waals surface area contributed by atoms with E-state index in [2.05, 4.69) is 40.5 Å². The zero-order chi connectivity index (χ0) is 18.0. The Kier molecular flexibility index (Phi) is 5.90. The predicted octanol–water partition coefficient (Wildman–Crippen LogP) is 6.84. The molecule has 5 heteroatoms. The molecular formula is C19H22Cl2O2Si. The Morgan fingerprint density at radius 3 is 2.17 bits per heavy atom. The molecule has 0 saturated heterocycles. The first kappa shape index (κ1) is 19.2. The number of halogens is 2. The molecule has 2 aromatic rings. The van der Waals surface area contributed by atoms with Crippen molar-refractivity contribution in [3.63, 3.8) is 0 Å². The van der Waals surface area contributed by atoms with Gasteiger partial charge in [0.25, 0.3) is 8.32 Å². The van der Waals surface area contributed by atoms with E-state index in [1.54, 1.807) is 30.3 Å². The van der Waals surface area contributed by atoms with E-state index in [0.717, 1.165) is 5.56 Å². The van der Waals surface area contributed by atoms with Crippen LogP contribution in [0.5, 0.6) is 11.5 Å². The van der Waals surface area contributed by atoms with Crippen LogP contribution in [0, 0.1) is 6.61 Å². The van der Waals surface area contributed by atoms with Crippen LogP contribution < -0.4 is 9.16 Å². The molecule has 0 saturated carbocycles. The average molecular weight is 381 g/mol. The predicted molar refractivity (Wildman–Crippen MR) is 104 cm³/mol. The van der Waals surface area contributed by atoms with Gasteiger partial charge in [0.2, 0.25) is 6.61 Å². The van der Waals surface area contributed by atoms with Crippen molar-refractivity contribution in [2.75, 3.05) is 0 Å². The summed E-state index contributed by atoms with van der Waals surface area (Å²) in [5.74, 6) is 1.34. The Morgan fingerprint density at radius 1 is 0.958 bits per heavy atom. The zero-order valence-electron chi connectivity index (χ0n) is 14.6. The van der Waals surface area contributed by atoms with E-state index in [0.29, 0.717) is 21.5 Å². The van der Waals surface area contributed by atoms with Gasteiger partial charge in [0.05, 0.1) is 5.02 Å². The number of hydrogen-bond donors (Lipinski definition) is 0. The maximum atomic E-state index is 6.30. The molecule has 0 unspecified atom stereocenters. The van der Waals surface area contributed by atoms with Gasteiger partial charge in [-0.3, -0.25) is 0 Å². The lowest BCUT2D eigenvalue weighted by Gasteiger charge is -2.36. The van der Waals surface area contributed by atoms with E-state index < -0.39 is 8.32 Å². The van der Waals surface area contributed by atoms with Crippen LogP contribution in [0.3, 0.4) is 0 Å². The molecule has 0 fully saturated rings. The van der Waals surface area contributed by atoms with E-state index in [1.165, 1.54) is 0 Å². The molecule has 2 rings (SSSR count). The Bertz CT molecular complexity index is 692. The van der Waals surface area contributed by atoms with Gasteiger partial charge in [-0.1, -0.05) is 50.0 Å². The molecule has 2 radical (unpaired) electrons. The molecule has 24 heavy (non-hydrogen) atoms. The summed E-state index contributed by atoms with van der Waals surface area (Å²) in [5.41, 5.74) is 0.767. The fourth-order valence-electron chi connectivity index (χ4n) is 1.69. The van der Waals surface area contributed by atoms with Gasteiger partial charge in [0.15, 0.2) is 0 Å². The number of hydrogen-bond acceptors (Lipinski definition) is 2. The van der Waals surface area contributed by atoms with Gasteiger partial charge in [0.1, 0.15) is 11.5 Å². The lowest BCUT2D eigenvalue weighted by Crippen LogP contribution is -2.43. The lowest BCUT2D eigenvalue weighted by atomic mass is 10.2. The van der Waals surface area contributed by atoms with Crippen molar-refractivity contribution in [2.45, 2.75) is 38.9 Å². The van der Waals surface area contributed by atoms with E-state index in [1.807, 2.05) is 12.1 Å². The van der Waals surface area contributed by atoms with Crippen molar-refractivity contribution < 1.29 is 9.16 Å². The molecule has 2 nitrogen and oxygen atoms in total. The van der Waals surface area contributed by atoms with Gasteiger partial charge < -0.3 is 9.16 Å². The Balaban J connectivity index is 2.12. The quantitative estimate of drug-likeness (QED) is 0.528. The van der Waals surface area contributed by atoms with E-state index in [-0.39, 0.29) is 5.04 Å². The maximum Gasteiger partial charge on any atom is 0.250 e. The smallest absolute Gasteiger partial charge is 0.250 e. The fourth-order valence-corrected chi connectivity index (χ4v) is 3.07. The molecule has 0 N–H and O–H groups in total. The lowest BCUT2D eigenvalue weighted by molar-refractivity contribution is 0.427. The monoisotopic (exact) mass is 380 g/mol. The first-order valence-electron chi connectivity index (χ1n) is 7.75. The highest BCUT2D eigenvalue weighted by Crippen LogP contribution is 2.39. The molecule has 0 amide bonds. The normalized spacial score (nSPS) is 12.1. The minimum absolute atomic E-state index is 0.0968. The largest absolute Gasteiger partial charge is 0.542 e. The maximum absolute atomic E-state index is 6.30. The highest BCUT2D eigenvalue weighted by atomic mass is 35.5. The van der Waals surface area contributed by atoms with Crippen LogP contribution in [0.25, 0.3) is 0 Å². The summed E-state index contributed by atoms with van der Waals surface area (Å²) in [6.45, 7) is 13.9. The Labute approximate surface area is 155 Å². The first-order valence-corrected chi connectivity index (χ1v) is 11.4. The van der Waals surface area contributed by atoms with Gasteiger partial charge in [0, 0.05) is 10.6 Å². The van der Waals surface area contributed by atoms with Gasteiger partial charge in [-0.2, -0.15) is 0 Å². The highest BCUT2D eigenvalue weighted by molar-refractivity contribution is 6.74. The standard InChI is InChI=1S/C19H22Cl2O2Si/c1-19(2,3)24(4,5)23-18-12-14(6-11-17(18)21)13-22-16-9-7-15(20)8-10-16/h6-12H,1-5H3. The van der Waals surface area contributed by atoms with Crippen LogP contribution in [0.15, 0.2) is 42.5 Å². The molecule has 0 heterocycles. The summed E-state index contributed by atoms with van der Waals surface area (Å²) in [4.78, 5) is 0. The first-order chi connectivity index (χ1) is 11.1. The molecule has 128 valence electrons. The highest BCUT2D eigenvalue weighted by Gasteiger charge is 2.39. The fraction of sp³-hybridized carbons (Fsp3) is 0.316. The Hall–Kier alpha value is -1.16. The number of benzene rings is 2. The summed E-state index contributed by atoms with van der Waals surface area (Å²) < 4.78 is 11.8. The molecule has 2 aromatic carbocycles. The summed E-state index contributed by atoms with van der Waals surface area (Å²) in [6, 6.07) is 12.6. The third-order valence-corrected chi connectivity index (χ3v) is 9.11. The van der Waals surface area contributed by atoms with Crippen LogP contribution in [0.2, 0.25) is 28.2 Å². The topological polar surface area (TPSA) is 18.5 Å². The molecule has 0 aliphatic carbocycles. The summed E-state index contributed by atoms with van der Waals surface area (Å²) in [7, 11) is -1.96. The minimum atomic E-state index is -1.96. The van der Waals surface area contributed by atoms with Crippen LogP contribution in [0.4, 0.5) is 0 Å². The third-order valence-electron chi connectivity index (χ3n) is 4.20. The number of rotatable bonds is 5. The van der Waals surface area contributed by atoms with Gasteiger partial charge in [-0.25, -0.2) is 0 Å². The third kappa shape index (κ3) is 4.92. The molecule has 0 spiro atoms.